The van der Waals surface area contributed by atoms with Crippen molar-refractivity contribution in [1.29, 1.82) is 0 Å². The van der Waals surface area contributed by atoms with E-state index in [-0.39, 0.29) is 0 Å². The molecule has 0 aliphatic heterocycles. The molecule has 0 bridgehead atoms. The van der Waals surface area contributed by atoms with E-state index in [1.807, 2.05) is 6.92 Å². The summed E-state index contributed by atoms with van der Waals surface area (Å²) in [6.45, 7) is 10.1. The number of ether oxygens (including phenoxy) is 6. The van der Waals surface area contributed by atoms with Gasteiger partial charge in [0.25, 0.3) is 0 Å². The zero-order valence-corrected chi connectivity index (χ0v) is 29.5. The van der Waals surface area contributed by atoms with Gasteiger partial charge in [0.05, 0.1) is 43.2 Å². The van der Waals surface area contributed by atoms with Crippen LogP contribution in [0.1, 0.15) is 57.5 Å². The van der Waals surface area contributed by atoms with Gasteiger partial charge >= 0.3 is 23.9 Å². The lowest BCUT2D eigenvalue weighted by Gasteiger charge is -2.09. The van der Waals surface area contributed by atoms with Crippen molar-refractivity contribution in [3.8, 4) is 23.0 Å². The molecule has 4 aromatic carbocycles. The maximum atomic E-state index is 12.7. The molecule has 0 aliphatic carbocycles. The number of aliphatic imine (C=N–C) groups is 1. The predicted octanol–water partition coefficient (Wildman–Crippen LogP) is 7.96. The lowest BCUT2D eigenvalue weighted by molar-refractivity contribution is -0.138. The van der Waals surface area contributed by atoms with Crippen LogP contribution in [0.15, 0.2) is 121 Å². The number of carbonyl (C=O) groups excluding carboxylic acids is 4. The molecule has 11 nitrogen and oxygen atoms in total. The fraction of sp³-hybridized carbons (Fsp3) is 0.214. The molecule has 0 unspecified atom stereocenters. The molecule has 0 saturated carbocycles. The SMILES string of the molecule is C=CC(=O)OCCCCOc1ccc(C(=O)Oc2ccc(C=Nc3ccc(OC(=O)c4ccc(OCCCCOC(=O)C=C)cc4)cc3C)cc2)cc1. The third-order valence-corrected chi connectivity index (χ3v) is 7.44. The average molecular weight is 720 g/mol. The van der Waals surface area contributed by atoms with Gasteiger partial charge in [-0.05, 0) is 135 Å². The fourth-order valence-electron chi connectivity index (χ4n) is 4.56. The molecule has 0 amide bonds. The van der Waals surface area contributed by atoms with Gasteiger partial charge in [-0.1, -0.05) is 13.2 Å². The highest BCUT2D eigenvalue weighted by atomic mass is 16.5. The van der Waals surface area contributed by atoms with Crippen molar-refractivity contribution >= 4 is 35.8 Å². The summed E-state index contributed by atoms with van der Waals surface area (Å²) in [5.74, 6) is 0.105. The summed E-state index contributed by atoms with van der Waals surface area (Å²) in [7, 11) is 0. The monoisotopic (exact) mass is 719 g/mol. The molecule has 0 saturated heterocycles. The summed E-state index contributed by atoms with van der Waals surface area (Å²) in [5, 5.41) is 0. The van der Waals surface area contributed by atoms with Crippen molar-refractivity contribution in [2.24, 2.45) is 4.99 Å². The van der Waals surface area contributed by atoms with Gasteiger partial charge < -0.3 is 28.4 Å². The summed E-state index contributed by atoms with van der Waals surface area (Å²) in [5.41, 5.74) is 3.05. The van der Waals surface area contributed by atoms with Crippen LogP contribution in [-0.2, 0) is 19.1 Å². The number of hydrogen-bond donors (Lipinski definition) is 0. The largest absolute Gasteiger partial charge is 0.494 e. The lowest BCUT2D eigenvalue weighted by atomic mass is 10.2. The van der Waals surface area contributed by atoms with Gasteiger partial charge in [-0.3, -0.25) is 4.99 Å². The molecule has 0 aromatic heterocycles. The standard InChI is InChI=1S/C42H41NO10/c1-4-39(44)50-26-8-6-24-48-34-18-12-32(13-19-34)41(46)52-36-16-10-31(11-17-36)29-43-38-23-22-37(28-30(38)3)53-42(47)33-14-20-35(21-15-33)49-25-7-9-27-51-40(45)5-2/h4-5,10-23,28-29H,1-2,6-9,24-27H2,3H3. The Morgan fingerprint density at radius 1 is 0.566 bits per heavy atom. The Bertz CT molecular complexity index is 1880. The molecule has 0 heterocycles. The fourth-order valence-corrected chi connectivity index (χ4v) is 4.56. The Hall–Kier alpha value is -6.49. The van der Waals surface area contributed by atoms with Crippen molar-refractivity contribution < 1.29 is 47.6 Å². The number of esters is 4. The van der Waals surface area contributed by atoms with Crippen LogP contribution in [0.25, 0.3) is 0 Å². The van der Waals surface area contributed by atoms with Crippen LogP contribution in [0.3, 0.4) is 0 Å². The van der Waals surface area contributed by atoms with Crippen LogP contribution >= 0.6 is 0 Å². The first-order valence-corrected chi connectivity index (χ1v) is 17.0. The molecular weight excluding hydrogens is 678 g/mol. The smallest absolute Gasteiger partial charge is 0.343 e. The van der Waals surface area contributed by atoms with Crippen molar-refractivity contribution in [3.63, 3.8) is 0 Å². The minimum absolute atomic E-state index is 0.305. The van der Waals surface area contributed by atoms with Crippen molar-refractivity contribution in [1.82, 2.24) is 0 Å². The average Bonchev–Trinajstić information content (AvgIpc) is 3.17. The third-order valence-electron chi connectivity index (χ3n) is 7.44. The maximum Gasteiger partial charge on any atom is 0.343 e. The van der Waals surface area contributed by atoms with Crippen molar-refractivity contribution in [3.05, 3.63) is 139 Å². The van der Waals surface area contributed by atoms with Crippen LogP contribution in [-0.4, -0.2) is 56.5 Å². The summed E-state index contributed by atoms with van der Waals surface area (Å²) >= 11 is 0. The predicted molar refractivity (Wildman–Crippen MR) is 199 cm³/mol. The first kappa shape index (κ1) is 39.3. The minimum atomic E-state index is -0.503. The Kier molecular flexibility index (Phi) is 15.6. The van der Waals surface area contributed by atoms with E-state index >= 15 is 0 Å². The number of benzene rings is 4. The van der Waals surface area contributed by atoms with Gasteiger partial charge in [0, 0.05) is 18.4 Å². The zero-order valence-electron chi connectivity index (χ0n) is 29.5. The van der Waals surface area contributed by atoms with E-state index in [1.165, 1.54) is 0 Å². The molecule has 0 atom stereocenters. The first-order chi connectivity index (χ1) is 25.7. The Morgan fingerprint density at radius 2 is 1.00 bits per heavy atom. The molecule has 274 valence electrons. The van der Waals surface area contributed by atoms with E-state index in [0.717, 1.165) is 23.3 Å². The van der Waals surface area contributed by atoms with E-state index in [0.29, 0.717) is 91.9 Å². The molecule has 4 rings (SSSR count). The number of unbranched alkanes of at least 4 members (excludes halogenated alkanes) is 2. The van der Waals surface area contributed by atoms with E-state index in [1.54, 1.807) is 97.2 Å². The zero-order chi connectivity index (χ0) is 37.8. The first-order valence-electron chi connectivity index (χ1n) is 17.0. The molecule has 53 heavy (non-hydrogen) atoms. The topological polar surface area (TPSA) is 136 Å². The summed E-state index contributed by atoms with van der Waals surface area (Å²) in [4.78, 5) is 52.0. The van der Waals surface area contributed by atoms with Crippen molar-refractivity contribution in [2.75, 3.05) is 26.4 Å². The number of aryl methyl sites for hydroxylation is 1. The molecule has 0 fully saturated rings. The summed E-state index contributed by atoms with van der Waals surface area (Å²) < 4.78 is 32.3. The molecular formula is C42H41NO10. The van der Waals surface area contributed by atoms with Crippen molar-refractivity contribution in [2.45, 2.75) is 32.6 Å². The van der Waals surface area contributed by atoms with Crippen LogP contribution in [0.5, 0.6) is 23.0 Å². The normalized spacial score (nSPS) is 10.6. The lowest BCUT2D eigenvalue weighted by Crippen LogP contribution is -2.08. The second kappa shape index (κ2) is 21.0. The van der Waals surface area contributed by atoms with Gasteiger partial charge in [0.1, 0.15) is 23.0 Å². The second-order valence-corrected chi connectivity index (χ2v) is 11.5. The molecule has 0 radical (unpaired) electrons. The molecule has 4 aromatic rings. The van der Waals surface area contributed by atoms with Gasteiger partial charge in [-0.15, -0.1) is 0 Å². The van der Waals surface area contributed by atoms with Gasteiger partial charge in [-0.25, -0.2) is 19.2 Å². The molecule has 11 heteroatoms. The number of hydrogen-bond acceptors (Lipinski definition) is 11. The third kappa shape index (κ3) is 13.6. The second-order valence-electron chi connectivity index (χ2n) is 11.5. The van der Waals surface area contributed by atoms with Gasteiger partial charge in [0.15, 0.2) is 0 Å². The van der Waals surface area contributed by atoms with Gasteiger partial charge in [0.2, 0.25) is 0 Å². The Balaban J connectivity index is 1.19. The Morgan fingerprint density at radius 3 is 1.47 bits per heavy atom. The molecule has 0 spiro atoms. The number of carbonyl (C=O) groups is 4. The van der Waals surface area contributed by atoms with E-state index < -0.39 is 23.9 Å². The summed E-state index contributed by atoms with van der Waals surface area (Å²) in [6.07, 6.45) is 6.68. The van der Waals surface area contributed by atoms with E-state index in [2.05, 4.69) is 18.2 Å². The quantitative estimate of drug-likeness (QED) is 0.0291. The number of nitrogens with zero attached hydrogens (tertiary/aromatic N) is 1. The molecule has 0 aliphatic rings. The maximum absolute atomic E-state index is 12.7. The van der Waals surface area contributed by atoms with Gasteiger partial charge in [-0.2, -0.15) is 0 Å². The van der Waals surface area contributed by atoms with Crippen LogP contribution in [0, 0.1) is 6.92 Å². The molecule has 0 N–H and O–H groups in total. The Labute approximate surface area is 308 Å². The number of rotatable bonds is 20. The summed E-state index contributed by atoms with van der Waals surface area (Å²) in [6, 6.07) is 25.4. The van der Waals surface area contributed by atoms with E-state index in [9.17, 15) is 19.2 Å². The minimum Gasteiger partial charge on any atom is -0.494 e. The van der Waals surface area contributed by atoms with E-state index in [4.69, 9.17) is 28.4 Å². The highest BCUT2D eigenvalue weighted by Crippen LogP contribution is 2.25. The van der Waals surface area contributed by atoms with Crippen LogP contribution in [0.2, 0.25) is 0 Å². The van der Waals surface area contributed by atoms with Crippen LogP contribution in [0.4, 0.5) is 5.69 Å². The highest BCUT2D eigenvalue weighted by Gasteiger charge is 2.11. The highest BCUT2D eigenvalue weighted by molar-refractivity contribution is 5.92. The van der Waals surface area contributed by atoms with Crippen LogP contribution < -0.4 is 18.9 Å².